The number of likely N-dealkylation sites (tertiary alicyclic amines) is 1. The maximum atomic E-state index is 14.3. The lowest BCUT2D eigenvalue weighted by atomic mass is 9.86. The number of halogens is 2. The molecule has 0 spiro atoms. The molecule has 0 bridgehead atoms. The topological polar surface area (TPSA) is 49.8 Å². The quantitative estimate of drug-likeness (QED) is 0.893. The van der Waals surface area contributed by atoms with Crippen LogP contribution in [0.1, 0.15) is 23.5 Å². The van der Waals surface area contributed by atoms with Crippen LogP contribution in [0.5, 0.6) is 5.75 Å². The Bertz CT molecular complexity index is 719. The number of benzene rings is 2. The largest absolute Gasteiger partial charge is 0.489 e. The summed E-state index contributed by atoms with van der Waals surface area (Å²) in [6.07, 6.45) is -1.20. The summed E-state index contributed by atoms with van der Waals surface area (Å²) in [5.74, 6) is -3.45. The van der Waals surface area contributed by atoms with E-state index < -0.39 is 24.5 Å². The molecular formula is C19H19F2NO3. The summed E-state index contributed by atoms with van der Waals surface area (Å²) < 4.78 is 34.3. The molecule has 0 saturated carbocycles. The van der Waals surface area contributed by atoms with Crippen LogP contribution >= 0.6 is 0 Å². The van der Waals surface area contributed by atoms with Gasteiger partial charge in [0.05, 0.1) is 12.5 Å². The minimum Gasteiger partial charge on any atom is -0.489 e. The highest BCUT2D eigenvalue weighted by atomic mass is 19.3. The predicted molar refractivity (Wildman–Crippen MR) is 89.1 cm³/mol. The van der Waals surface area contributed by atoms with Crippen molar-refractivity contribution in [2.24, 2.45) is 0 Å². The van der Waals surface area contributed by atoms with Gasteiger partial charge in [0.25, 0.3) is 5.92 Å². The average Bonchev–Trinajstić information content (AvgIpc) is 2.60. The van der Waals surface area contributed by atoms with Gasteiger partial charge >= 0.3 is 6.09 Å². The maximum Gasteiger partial charge on any atom is 0.407 e. The predicted octanol–water partition coefficient (Wildman–Crippen LogP) is 4.37. The van der Waals surface area contributed by atoms with Crippen LogP contribution in [0.2, 0.25) is 0 Å². The second-order valence-electron chi connectivity index (χ2n) is 6.15. The Balaban J connectivity index is 1.65. The van der Waals surface area contributed by atoms with Gasteiger partial charge in [0.15, 0.2) is 0 Å². The molecule has 1 saturated heterocycles. The fourth-order valence-corrected chi connectivity index (χ4v) is 3.05. The second kappa shape index (κ2) is 7.09. The minimum absolute atomic E-state index is 0.101. The number of carboxylic acid groups (broad SMARTS) is 1. The normalized spacial score (nSPS) is 19.4. The highest BCUT2D eigenvalue weighted by Gasteiger charge is 2.46. The van der Waals surface area contributed by atoms with E-state index in [1.54, 1.807) is 24.3 Å². The highest BCUT2D eigenvalue weighted by molar-refractivity contribution is 5.65. The zero-order valence-corrected chi connectivity index (χ0v) is 13.6. The number of rotatable bonds is 4. The van der Waals surface area contributed by atoms with Gasteiger partial charge in [-0.05, 0) is 29.7 Å². The molecule has 0 aliphatic carbocycles. The van der Waals surface area contributed by atoms with Gasteiger partial charge in [0, 0.05) is 6.54 Å². The average molecular weight is 347 g/mol. The van der Waals surface area contributed by atoms with E-state index in [-0.39, 0.29) is 13.0 Å². The van der Waals surface area contributed by atoms with Crippen molar-refractivity contribution in [1.29, 1.82) is 0 Å². The molecule has 6 heteroatoms. The highest BCUT2D eigenvalue weighted by Crippen LogP contribution is 2.40. The summed E-state index contributed by atoms with van der Waals surface area (Å²) >= 11 is 0. The Kier molecular flexibility index (Phi) is 4.88. The van der Waals surface area contributed by atoms with Gasteiger partial charge in [0.2, 0.25) is 0 Å². The van der Waals surface area contributed by atoms with Gasteiger partial charge in [-0.3, -0.25) is 0 Å². The molecule has 132 valence electrons. The minimum atomic E-state index is -3.08. The molecule has 25 heavy (non-hydrogen) atoms. The summed E-state index contributed by atoms with van der Waals surface area (Å²) in [7, 11) is 0. The van der Waals surface area contributed by atoms with E-state index in [9.17, 15) is 13.6 Å². The fraction of sp³-hybridized carbons (Fsp3) is 0.316. The first-order chi connectivity index (χ1) is 12.0. The number of piperidine rings is 1. The van der Waals surface area contributed by atoms with Crippen molar-refractivity contribution in [2.45, 2.75) is 24.9 Å². The third-order valence-corrected chi connectivity index (χ3v) is 4.40. The number of ether oxygens (including phenoxy) is 1. The SMILES string of the molecule is O=C(O)N1CCC(c2ccc(OCc3ccccc3)cc2)C(F)(F)C1. The van der Waals surface area contributed by atoms with Crippen molar-refractivity contribution in [3.05, 3.63) is 65.7 Å². The number of carbonyl (C=O) groups is 1. The molecule has 1 aliphatic heterocycles. The van der Waals surface area contributed by atoms with Crippen molar-refractivity contribution in [3.63, 3.8) is 0 Å². The lowest BCUT2D eigenvalue weighted by molar-refractivity contribution is -0.0761. The van der Waals surface area contributed by atoms with E-state index in [1.807, 2.05) is 30.3 Å². The molecule has 3 rings (SSSR count). The van der Waals surface area contributed by atoms with Crippen LogP contribution < -0.4 is 4.74 Å². The van der Waals surface area contributed by atoms with E-state index in [1.165, 1.54) is 0 Å². The lowest BCUT2D eigenvalue weighted by Gasteiger charge is -2.37. The van der Waals surface area contributed by atoms with Gasteiger partial charge in [0.1, 0.15) is 12.4 Å². The molecule has 1 heterocycles. The maximum absolute atomic E-state index is 14.3. The van der Waals surface area contributed by atoms with Gasteiger partial charge in [-0.15, -0.1) is 0 Å². The Labute approximate surface area is 144 Å². The van der Waals surface area contributed by atoms with E-state index >= 15 is 0 Å². The van der Waals surface area contributed by atoms with E-state index in [4.69, 9.17) is 9.84 Å². The summed E-state index contributed by atoms with van der Waals surface area (Å²) in [4.78, 5) is 11.7. The van der Waals surface area contributed by atoms with Crippen LogP contribution in [0, 0.1) is 0 Å². The van der Waals surface area contributed by atoms with E-state index in [0.717, 1.165) is 10.5 Å². The molecule has 4 nitrogen and oxygen atoms in total. The van der Waals surface area contributed by atoms with Crippen LogP contribution in [-0.2, 0) is 6.61 Å². The fourth-order valence-electron chi connectivity index (χ4n) is 3.05. The van der Waals surface area contributed by atoms with Crippen LogP contribution in [0.3, 0.4) is 0 Å². The molecule has 1 unspecified atom stereocenters. The van der Waals surface area contributed by atoms with Gasteiger partial charge in [-0.2, -0.15) is 0 Å². The molecule has 1 fully saturated rings. The third-order valence-electron chi connectivity index (χ3n) is 4.40. The Morgan fingerprint density at radius 1 is 1.16 bits per heavy atom. The monoisotopic (exact) mass is 347 g/mol. The molecule has 0 radical (unpaired) electrons. The van der Waals surface area contributed by atoms with Crippen molar-refractivity contribution < 1.29 is 23.4 Å². The first-order valence-electron chi connectivity index (χ1n) is 8.08. The summed E-state index contributed by atoms with van der Waals surface area (Å²) in [6, 6.07) is 16.3. The van der Waals surface area contributed by atoms with Gasteiger partial charge < -0.3 is 14.7 Å². The molecule has 1 N–H and O–H groups in total. The molecule has 1 aliphatic rings. The zero-order chi connectivity index (χ0) is 17.9. The van der Waals surface area contributed by atoms with Crippen molar-refractivity contribution >= 4 is 6.09 Å². The van der Waals surface area contributed by atoms with Crippen molar-refractivity contribution in [1.82, 2.24) is 4.90 Å². The molecule has 2 aromatic rings. The van der Waals surface area contributed by atoms with Crippen LogP contribution in [0.25, 0.3) is 0 Å². The molecule has 0 aromatic heterocycles. The number of alkyl halides is 2. The smallest absolute Gasteiger partial charge is 0.407 e. The van der Waals surface area contributed by atoms with Crippen molar-refractivity contribution in [3.8, 4) is 5.75 Å². The van der Waals surface area contributed by atoms with Crippen LogP contribution in [-0.4, -0.2) is 35.1 Å². The standard InChI is InChI=1S/C19H19F2NO3/c20-19(21)13-22(18(23)24)11-10-17(19)15-6-8-16(9-7-15)25-12-14-4-2-1-3-5-14/h1-9,17H,10-13H2,(H,23,24). The van der Waals surface area contributed by atoms with Crippen LogP contribution in [0.4, 0.5) is 13.6 Å². The molecule has 1 atom stereocenters. The first kappa shape index (κ1) is 17.2. The van der Waals surface area contributed by atoms with E-state index in [2.05, 4.69) is 0 Å². The molecule has 1 amide bonds. The summed E-state index contributed by atoms with van der Waals surface area (Å²) in [5.41, 5.74) is 1.53. The van der Waals surface area contributed by atoms with Crippen LogP contribution in [0.15, 0.2) is 54.6 Å². The first-order valence-corrected chi connectivity index (χ1v) is 8.08. The Hall–Kier alpha value is -2.63. The Morgan fingerprint density at radius 2 is 1.84 bits per heavy atom. The Morgan fingerprint density at radius 3 is 2.44 bits per heavy atom. The number of hydrogen-bond donors (Lipinski definition) is 1. The zero-order valence-electron chi connectivity index (χ0n) is 13.6. The lowest BCUT2D eigenvalue weighted by Crippen LogP contribution is -2.49. The van der Waals surface area contributed by atoms with Crippen molar-refractivity contribution in [2.75, 3.05) is 13.1 Å². The summed E-state index contributed by atoms with van der Waals surface area (Å²) in [6.45, 7) is -0.242. The molecular weight excluding hydrogens is 328 g/mol. The third kappa shape index (κ3) is 4.07. The molecule has 2 aromatic carbocycles. The second-order valence-corrected chi connectivity index (χ2v) is 6.15. The van der Waals surface area contributed by atoms with Gasteiger partial charge in [-0.25, -0.2) is 13.6 Å². The number of hydrogen-bond acceptors (Lipinski definition) is 2. The van der Waals surface area contributed by atoms with E-state index in [0.29, 0.717) is 17.9 Å². The number of amides is 1. The number of nitrogens with zero attached hydrogens (tertiary/aromatic N) is 1. The van der Waals surface area contributed by atoms with Gasteiger partial charge in [-0.1, -0.05) is 42.5 Å². The summed E-state index contributed by atoms with van der Waals surface area (Å²) in [5, 5.41) is 8.89.